The van der Waals surface area contributed by atoms with Crippen LogP contribution in [-0.4, -0.2) is 53.6 Å². The van der Waals surface area contributed by atoms with Gasteiger partial charge in [-0.2, -0.15) is 4.98 Å². The van der Waals surface area contributed by atoms with Crippen molar-refractivity contribution in [3.05, 3.63) is 12.3 Å². The molecule has 2 aliphatic heterocycles. The first-order valence-electron chi connectivity index (χ1n) is 8.42. The van der Waals surface area contributed by atoms with Gasteiger partial charge in [-0.25, -0.2) is 4.98 Å². The third-order valence-electron chi connectivity index (χ3n) is 4.67. The van der Waals surface area contributed by atoms with Gasteiger partial charge in [-0.1, -0.05) is 6.42 Å². The fourth-order valence-electron chi connectivity index (χ4n) is 3.51. The van der Waals surface area contributed by atoms with Gasteiger partial charge < -0.3 is 15.1 Å². The average molecular weight is 289 g/mol. The van der Waals surface area contributed by atoms with Crippen LogP contribution in [0.1, 0.15) is 39.0 Å². The molecule has 21 heavy (non-hydrogen) atoms. The van der Waals surface area contributed by atoms with Crippen LogP contribution in [0.5, 0.6) is 0 Å². The first-order chi connectivity index (χ1) is 10.4. The van der Waals surface area contributed by atoms with Crippen molar-refractivity contribution in [3.8, 4) is 0 Å². The smallest absolute Gasteiger partial charge is 0.224 e. The number of anilines is 2. The maximum atomic E-state index is 4.61. The highest BCUT2D eigenvalue weighted by Gasteiger charge is 2.26. The fraction of sp³-hybridized carbons (Fsp3) is 0.750. The zero-order valence-corrected chi connectivity index (χ0v) is 13.1. The summed E-state index contributed by atoms with van der Waals surface area (Å²) in [6.07, 6.45) is 8.58. The topological polar surface area (TPSA) is 44.3 Å². The van der Waals surface area contributed by atoms with E-state index in [1.807, 2.05) is 12.3 Å². The van der Waals surface area contributed by atoms with Gasteiger partial charge in [-0.05, 0) is 51.8 Å². The summed E-state index contributed by atoms with van der Waals surface area (Å²) in [5.41, 5.74) is 0. The Morgan fingerprint density at radius 2 is 1.90 bits per heavy atom. The number of nitrogens with zero attached hydrogens (tertiary/aromatic N) is 4. The summed E-state index contributed by atoms with van der Waals surface area (Å²) in [5, 5.41) is 3.19. The van der Waals surface area contributed by atoms with Crippen LogP contribution in [0.15, 0.2) is 12.3 Å². The maximum absolute atomic E-state index is 4.61. The van der Waals surface area contributed by atoms with Gasteiger partial charge in [-0.3, -0.25) is 0 Å². The molecule has 2 fully saturated rings. The molecule has 1 N–H and O–H groups in total. The van der Waals surface area contributed by atoms with E-state index in [1.165, 1.54) is 45.2 Å². The number of nitrogens with one attached hydrogen (secondary N) is 1. The molecule has 116 valence electrons. The molecule has 5 heteroatoms. The third kappa shape index (κ3) is 3.64. The number of aromatic nitrogens is 2. The number of rotatable bonds is 4. The molecule has 0 amide bonds. The number of piperidine rings is 2. The summed E-state index contributed by atoms with van der Waals surface area (Å²) >= 11 is 0. The SMILES string of the molecule is CCNc1nccc(N2CCC(N3CCCCC3)CC2)n1. The van der Waals surface area contributed by atoms with E-state index in [1.54, 1.807) is 0 Å². The highest BCUT2D eigenvalue weighted by Crippen LogP contribution is 2.23. The summed E-state index contributed by atoms with van der Waals surface area (Å²) in [6.45, 7) is 7.78. The minimum Gasteiger partial charge on any atom is -0.356 e. The summed E-state index contributed by atoms with van der Waals surface area (Å²) in [5.74, 6) is 1.81. The lowest BCUT2D eigenvalue weighted by atomic mass is 10.00. The Bertz CT molecular complexity index is 436. The predicted octanol–water partition coefficient (Wildman–Crippen LogP) is 2.36. The summed E-state index contributed by atoms with van der Waals surface area (Å²) in [6, 6.07) is 2.82. The summed E-state index contributed by atoms with van der Waals surface area (Å²) in [7, 11) is 0. The Balaban J connectivity index is 1.56. The molecule has 0 unspecified atom stereocenters. The summed E-state index contributed by atoms with van der Waals surface area (Å²) < 4.78 is 0. The van der Waals surface area contributed by atoms with Crippen molar-refractivity contribution >= 4 is 11.8 Å². The van der Waals surface area contributed by atoms with Crippen molar-refractivity contribution in [2.75, 3.05) is 42.9 Å². The van der Waals surface area contributed by atoms with Gasteiger partial charge in [0, 0.05) is 31.9 Å². The molecule has 3 heterocycles. The van der Waals surface area contributed by atoms with Crippen LogP contribution in [0.2, 0.25) is 0 Å². The molecule has 3 rings (SSSR count). The second kappa shape index (κ2) is 7.07. The van der Waals surface area contributed by atoms with E-state index < -0.39 is 0 Å². The van der Waals surface area contributed by atoms with Crippen LogP contribution in [0.3, 0.4) is 0 Å². The molecule has 0 radical (unpaired) electrons. The van der Waals surface area contributed by atoms with Crippen molar-refractivity contribution in [2.45, 2.75) is 45.1 Å². The number of hydrogen-bond acceptors (Lipinski definition) is 5. The van der Waals surface area contributed by atoms with Crippen LogP contribution in [0, 0.1) is 0 Å². The van der Waals surface area contributed by atoms with Crippen LogP contribution < -0.4 is 10.2 Å². The van der Waals surface area contributed by atoms with E-state index in [0.29, 0.717) is 0 Å². The molecule has 2 saturated heterocycles. The maximum Gasteiger partial charge on any atom is 0.224 e. The zero-order chi connectivity index (χ0) is 14.5. The lowest BCUT2D eigenvalue weighted by molar-refractivity contribution is 0.141. The molecule has 5 nitrogen and oxygen atoms in total. The lowest BCUT2D eigenvalue weighted by Gasteiger charge is -2.40. The highest BCUT2D eigenvalue weighted by molar-refractivity contribution is 5.42. The molecule has 1 aromatic heterocycles. The average Bonchev–Trinajstić information content (AvgIpc) is 2.56. The molecule has 0 aliphatic carbocycles. The third-order valence-corrected chi connectivity index (χ3v) is 4.67. The van der Waals surface area contributed by atoms with Gasteiger partial charge in [0.15, 0.2) is 0 Å². The first-order valence-corrected chi connectivity index (χ1v) is 8.42. The van der Waals surface area contributed by atoms with E-state index in [9.17, 15) is 0 Å². The van der Waals surface area contributed by atoms with Gasteiger partial charge in [0.2, 0.25) is 5.95 Å². The fourth-order valence-corrected chi connectivity index (χ4v) is 3.51. The van der Waals surface area contributed by atoms with Gasteiger partial charge in [0.25, 0.3) is 0 Å². The number of hydrogen-bond donors (Lipinski definition) is 1. The van der Waals surface area contributed by atoms with E-state index in [4.69, 9.17) is 0 Å². The molecule has 0 spiro atoms. The van der Waals surface area contributed by atoms with Gasteiger partial charge >= 0.3 is 0 Å². The van der Waals surface area contributed by atoms with Crippen molar-refractivity contribution in [3.63, 3.8) is 0 Å². The van der Waals surface area contributed by atoms with E-state index in [0.717, 1.165) is 37.4 Å². The van der Waals surface area contributed by atoms with Crippen LogP contribution in [0.25, 0.3) is 0 Å². The molecule has 0 saturated carbocycles. The van der Waals surface area contributed by atoms with Crippen LogP contribution in [0.4, 0.5) is 11.8 Å². The Morgan fingerprint density at radius 3 is 2.62 bits per heavy atom. The molecule has 0 bridgehead atoms. The molecule has 2 aliphatic rings. The zero-order valence-electron chi connectivity index (χ0n) is 13.1. The Hall–Kier alpha value is -1.36. The lowest BCUT2D eigenvalue weighted by Crippen LogP contribution is -2.47. The minimum atomic E-state index is 0.744. The van der Waals surface area contributed by atoms with Crippen molar-refractivity contribution < 1.29 is 0 Å². The van der Waals surface area contributed by atoms with Crippen LogP contribution in [-0.2, 0) is 0 Å². The highest BCUT2D eigenvalue weighted by atomic mass is 15.3. The van der Waals surface area contributed by atoms with Crippen molar-refractivity contribution in [2.24, 2.45) is 0 Å². The minimum absolute atomic E-state index is 0.744. The second-order valence-corrected chi connectivity index (χ2v) is 6.08. The Labute approximate surface area is 127 Å². The monoisotopic (exact) mass is 289 g/mol. The molecule has 0 atom stereocenters. The largest absolute Gasteiger partial charge is 0.356 e. The number of likely N-dealkylation sites (tertiary alicyclic amines) is 1. The standard InChI is InChI=1S/C16H27N5/c1-2-17-16-18-9-6-15(19-16)21-12-7-14(8-13-21)20-10-4-3-5-11-20/h6,9,14H,2-5,7-8,10-13H2,1H3,(H,17,18,19). The normalized spacial score (nSPS) is 21.5. The molecule has 1 aromatic rings. The Morgan fingerprint density at radius 1 is 1.14 bits per heavy atom. The first kappa shape index (κ1) is 14.6. The van der Waals surface area contributed by atoms with E-state index in [-0.39, 0.29) is 0 Å². The quantitative estimate of drug-likeness (QED) is 0.922. The van der Waals surface area contributed by atoms with Gasteiger partial charge in [0.05, 0.1) is 0 Å². The van der Waals surface area contributed by atoms with Crippen molar-refractivity contribution in [1.29, 1.82) is 0 Å². The molecular formula is C16H27N5. The van der Waals surface area contributed by atoms with E-state index in [2.05, 4.69) is 32.0 Å². The van der Waals surface area contributed by atoms with Gasteiger partial charge in [-0.15, -0.1) is 0 Å². The predicted molar refractivity (Wildman–Crippen MR) is 86.9 cm³/mol. The molecular weight excluding hydrogens is 262 g/mol. The van der Waals surface area contributed by atoms with Crippen molar-refractivity contribution in [1.82, 2.24) is 14.9 Å². The second-order valence-electron chi connectivity index (χ2n) is 6.08. The van der Waals surface area contributed by atoms with E-state index >= 15 is 0 Å². The van der Waals surface area contributed by atoms with Crippen LogP contribution >= 0.6 is 0 Å². The molecule has 0 aromatic carbocycles. The summed E-state index contributed by atoms with van der Waals surface area (Å²) in [4.78, 5) is 14.0. The van der Waals surface area contributed by atoms with Gasteiger partial charge in [0.1, 0.15) is 5.82 Å². The Kier molecular flexibility index (Phi) is 4.91.